The van der Waals surface area contributed by atoms with Gasteiger partial charge in [0, 0.05) is 35.6 Å². The molecule has 0 aromatic rings. The summed E-state index contributed by atoms with van der Waals surface area (Å²) in [4.78, 5) is 10.2. The van der Waals surface area contributed by atoms with E-state index < -0.39 is 5.97 Å². The van der Waals surface area contributed by atoms with Gasteiger partial charge in [-0.05, 0) is 12.8 Å². The van der Waals surface area contributed by atoms with Crippen molar-refractivity contribution in [3.05, 3.63) is 0 Å². The number of carboxylic acid groups (broad SMARTS) is 1. The molecule has 0 fully saturated rings. The van der Waals surface area contributed by atoms with Gasteiger partial charge >= 0.3 is 5.97 Å². The van der Waals surface area contributed by atoms with Crippen molar-refractivity contribution in [1.29, 1.82) is 0 Å². The Morgan fingerprint density at radius 3 is 1.78 bits per heavy atom. The van der Waals surface area contributed by atoms with Crippen LogP contribution in [0.5, 0.6) is 0 Å². The van der Waals surface area contributed by atoms with Gasteiger partial charge in [0.25, 0.3) is 0 Å². The minimum Gasteiger partial charge on any atom is -0.481 e. The Bertz CT molecular complexity index is 79.1. The van der Waals surface area contributed by atoms with Crippen molar-refractivity contribution >= 4 is 5.97 Å². The van der Waals surface area contributed by atoms with Crippen molar-refractivity contribution in [2.24, 2.45) is 5.92 Å². The monoisotopic (exact) mass is 255 g/mol. The average molecular weight is 255 g/mol. The van der Waals surface area contributed by atoms with Gasteiger partial charge in [-0.25, -0.2) is 0 Å². The van der Waals surface area contributed by atoms with E-state index in [0.717, 1.165) is 12.8 Å². The second-order valence-electron chi connectivity index (χ2n) is 1.85. The standard InChI is InChI=1S/C6H12O2.La/c1-3-5(4-2)6(7)8;/h5H,3-4H2,1-2H3,(H,7,8);. The van der Waals surface area contributed by atoms with Crippen molar-refractivity contribution in [1.82, 2.24) is 0 Å². The van der Waals surface area contributed by atoms with Crippen LogP contribution in [0.2, 0.25) is 0 Å². The van der Waals surface area contributed by atoms with E-state index in [-0.39, 0.29) is 41.5 Å². The van der Waals surface area contributed by atoms with Gasteiger partial charge in [0.15, 0.2) is 0 Å². The molecule has 0 heterocycles. The van der Waals surface area contributed by atoms with Crippen LogP contribution in [0, 0.1) is 41.5 Å². The molecule has 0 aromatic carbocycles. The zero-order valence-electron chi connectivity index (χ0n) is 5.92. The third-order valence-electron chi connectivity index (χ3n) is 1.33. The summed E-state index contributed by atoms with van der Waals surface area (Å²) >= 11 is 0. The average Bonchev–Trinajstić information content (AvgIpc) is 1.69. The second kappa shape index (κ2) is 6.78. The Kier molecular flexibility index (Phi) is 9.30. The van der Waals surface area contributed by atoms with Crippen molar-refractivity contribution < 1.29 is 45.5 Å². The second-order valence-corrected chi connectivity index (χ2v) is 1.85. The molecule has 0 spiro atoms. The molecule has 0 aliphatic rings. The number of hydrogen-bond acceptors (Lipinski definition) is 1. The Balaban J connectivity index is 0. The summed E-state index contributed by atoms with van der Waals surface area (Å²) in [6, 6.07) is 0. The molecule has 0 aromatic heterocycles. The van der Waals surface area contributed by atoms with Crippen LogP contribution in [0.15, 0.2) is 0 Å². The molecule has 0 saturated carbocycles. The first kappa shape index (κ1) is 12.4. The first-order chi connectivity index (χ1) is 3.72. The fraction of sp³-hybridized carbons (Fsp3) is 0.833. The molecule has 0 rings (SSSR count). The molecule has 0 aliphatic heterocycles. The predicted octanol–water partition coefficient (Wildman–Crippen LogP) is 1.51. The van der Waals surface area contributed by atoms with Gasteiger partial charge in [-0.2, -0.15) is 0 Å². The Hall–Kier alpha value is 0.665. The van der Waals surface area contributed by atoms with Gasteiger partial charge in [0.2, 0.25) is 0 Å². The molecule has 0 aliphatic carbocycles. The first-order valence-corrected chi connectivity index (χ1v) is 2.95. The number of hydrogen-bond donors (Lipinski definition) is 1. The molecule has 0 saturated heterocycles. The van der Waals surface area contributed by atoms with Crippen molar-refractivity contribution in [2.75, 3.05) is 0 Å². The number of rotatable bonds is 3. The molecule has 0 atom stereocenters. The first-order valence-electron chi connectivity index (χ1n) is 2.95. The van der Waals surface area contributed by atoms with Gasteiger partial charge in [0.05, 0.1) is 5.92 Å². The van der Waals surface area contributed by atoms with Crippen molar-refractivity contribution in [2.45, 2.75) is 26.7 Å². The maximum absolute atomic E-state index is 10.2. The van der Waals surface area contributed by atoms with E-state index in [1.54, 1.807) is 0 Å². The maximum Gasteiger partial charge on any atom is 0.306 e. The van der Waals surface area contributed by atoms with Gasteiger partial charge in [-0.1, -0.05) is 13.8 Å². The third-order valence-corrected chi connectivity index (χ3v) is 1.33. The van der Waals surface area contributed by atoms with Crippen LogP contribution in [-0.2, 0) is 4.79 Å². The smallest absolute Gasteiger partial charge is 0.306 e. The van der Waals surface area contributed by atoms with Crippen molar-refractivity contribution in [3.8, 4) is 0 Å². The van der Waals surface area contributed by atoms with E-state index >= 15 is 0 Å². The van der Waals surface area contributed by atoms with E-state index in [9.17, 15) is 4.79 Å². The van der Waals surface area contributed by atoms with Crippen LogP contribution < -0.4 is 0 Å². The van der Waals surface area contributed by atoms with E-state index in [0.29, 0.717) is 0 Å². The van der Waals surface area contributed by atoms with E-state index in [4.69, 9.17) is 5.11 Å². The quantitative estimate of drug-likeness (QED) is 0.829. The zero-order chi connectivity index (χ0) is 6.57. The molecular weight excluding hydrogens is 243 g/mol. The summed E-state index contributed by atoms with van der Waals surface area (Å²) in [5.41, 5.74) is 0. The summed E-state index contributed by atoms with van der Waals surface area (Å²) < 4.78 is 0. The molecular formula is C6H12LaO2. The van der Waals surface area contributed by atoms with Crippen LogP contribution in [0.25, 0.3) is 0 Å². The molecule has 1 radical (unpaired) electrons. The normalized spacial score (nSPS) is 8.78. The summed E-state index contributed by atoms with van der Waals surface area (Å²) in [5.74, 6) is -0.801. The Labute approximate surface area is 83.6 Å². The molecule has 9 heavy (non-hydrogen) atoms. The van der Waals surface area contributed by atoms with E-state index in [2.05, 4.69) is 0 Å². The number of carboxylic acids is 1. The van der Waals surface area contributed by atoms with Gasteiger partial charge in [-0.3, -0.25) is 4.79 Å². The SMILES string of the molecule is CCC(CC)C(=O)O.[La]. The molecule has 0 amide bonds. The van der Waals surface area contributed by atoms with Crippen LogP contribution in [0.1, 0.15) is 26.7 Å². The minimum atomic E-state index is -0.671. The summed E-state index contributed by atoms with van der Waals surface area (Å²) in [6.45, 7) is 3.78. The molecule has 0 bridgehead atoms. The van der Waals surface area contributed by atoms with E-state index in [1.807, 2.05) is 13.8 Å². The molecule has 51 valence electrons. The van der Waals surface area contributed by atoms with Crippen LogP contribution in [0.3, 0.4) is 0 Å². The summed E-state index contributed by atoms with van der Waals surface area (Å²) in [7, 11) is 0. The van der Waals surface area contributed by atoms with E-state index in [1.165, 1.54) is 0 Å². The summed E-state index contributed by atoms with van der Waals surface area (Å²) in [6.07, 6.45) is 1.48. The minimum absolute atomic E-state index is 0. The maximum atomic E-state index is 10.2. The van der Waals surface area contributed by atoms with Crippen molar-refractivity contribution in [3.63, 3.8) is 0 Å². The van der Waals surface area contributed by atoms with Crippen LogP contribution in [0.4, 0.5) is 0 Å². The molecule has 0 unspecified atom stereocenters. The van der Waals surface area contributed by atoms with Gasteiger partial charge in [-0.15, -0.1) is 0 Å². The summed E-state index contributed by atoms with van der Waals surface area (Å²) in [5, 5.41) is 8.37. The fourth-order valence-corrected chi connectivity index (χ4v) is 0.638. The number of aliphatic carboxylic acids is 1. The van der Waals surface area contributed by atoms with Crippen LogP contribution in [-0.4, -0.2) is 11.1 Å². The zero-order valence-corrected chi connectivity index (χ0v) is 9.55. The van der Waals surface area contributed by atoms with Crippen LogP contribution >= 0.6 is 0 Å². The fourth-order valence-electron chi connectivity index (χ4n) is 0.638. The molecule has 1 N–H and O–H groups in total. The topological polar surface area (TPSA) is 37.3 Å². The molecule has 2 nitrogen and oxygen atoms in total. The largest absolute Gasteiger partial charge is 0.481 e. The number of carbonyl (C=O) groups is 1. The Morgan fingerprint density at radius 2 is 1.78 bits per heavy atom. The molecule has 3 heteroatoms. The Morgan fingerprint density at radius 1 is 1.44 bits per heavy atom. The predicted molar refractivity (Wildman–Crippen MR) is 31.7 cm³/mol. The van der Waals surface area contributed by atoms with Gasteiger partial charge in [0.1, 0.15) is 0 Å². The van der Waals surface area contributed by atoms with Gasteiger partial charge < -0.3 is 5.11 Å². The third kappa shape index (κ3) is 5.13.